The van der Waals surface area contributed by atoms with Crippen molar-refractivity contribution < 1.29 is 9.90 Å². The van der Waals surface area contributed by atoms with Crippen molar-refractivity contribution >= 4 is 27.5 Å². The van der Waals surface area contributed by atoms with Gasteiger partial charge in [-0.25, -0.2) is 0 Å². The molecule has 1 saturated carbocycles. The van der Waals surface area contributed by atoms with E-state index < -0.39 is 0 Å². The van der Waals surface area contributed by atoms with Gasteiger partial charge >= 0.3 is 0 Å². The minimum atomic E-state index is -0.314. The van der Waals surface area contributed by atoms with Crippen molar-refractivity contribution in [2.24, 2.45) is 5.92 Å². The second-order valence-electron chi connectivity index (χ2n) is 4.59. The normalized spacial score (nSPS) is 16.3. The summed E-state index contributed by atoms with van der Waals surface area (Å²) < 4.78 is 0.978. The van der Waals surface area contributed by atoms with E-state index in [-0.39, 0.29) is 18.6 Å². The highest BCUT2D eigenvalue weighted by Crippen LogP contribution is 2.32. The number of hydrogen-bond acceptors (Lipinski definition) is 3. The van der Waals surface area contributed by atoms with E-state index in [1.165, 1.54) is 0 Å². The molecule has 3 N–H and O–H groups in total. The highest BCUT2D eigenvalue weighted by Gasteiger charge is 2.29. The molecule has 18 heavy (non-hydrogen) atoms. The number of aliphatic hydroxyl groups is 1. The van der Waals surface area contributed by atoms with Crippen LogP contribution in [0.5, 0.6) is 0 Å². The lowest BCUT2D eigenvalue weighted by atomic mass is 10.2. The molecule has 0 bridgehead atoms. The monoisotopic (exact) mass is 312 g/mol. The Bertz CT molecular complexity index is 404. The zero-order valence-corrected chi connectivity index (χ0v) is 11.6. The first-order valence-electron chi connectivity index (χ1n) is 6.09. The molecule has 0 aliphatic heterocycles. The van der Waals surface area contributed by atoms with Gasteiger partial charge in [0, 0.05) is 16.7 Å². The second kappa shape index (κ2) is 6.31. The number of nitrogens with one attached hydrogen (secondary N) is 2. The number of rotatable bonds is 6. The van der Waals surface area contributed by atoms with E-state index in [4.69, 9.17) is 0 Å². The van der Waals surface area contributed by atoms with Crippen LogP contribution < -0.4 is 10.6 Å². The van der Waals surface area contributed by atoms with Crippen LogP contribution >= 0.6 is 15.9 Å². The van der Waals surface area contributed by atoms with Gasteiger partial charge in [-0.2, -0.15) is 0 Å². The Hall–Kier alpha value is -0.910. The lowest BCUT2D eigenvalue weighted by Gasteiger charge is -2.10. The fourth-order valence-corrected chi connectivity index (χ4v) is 1.98. The molecular formula is C13H17BrN2O2. The summed E-state index contributed by atoms with van der Waals surface area (Å²) in [6, 6.07) is 7.42. The molecule has 0 radical (unpaired) electrons. The fourth-order valence-electron chi connectivity index (χ4n) is 1.72. The summed E-state index contributed by atoms with van der Waals surface area (Å²) in [6.07, 6.45) is 1.90. The smallest absolute Gasteiger partial charge is 0.238 e. The number of carbonyl (C=O) groups is 1. The lowest BCUT2D eigenvalue weighted by molar-refractivity contribution is -0.115. The second-order valence-corrected chi connectivity index (χ2v) is 5.51. The molecule has 1 aromatic rings. The number of halogens is 1. The molecule has 98 valence electrons. The van der Waals surface area contributed by atoms with Crippen LogP contribution in [0, 0.1) is 5.92 Å². The van der Waals surface area contributed by atoms with E-state index in [1.807, 2.05) is 24.3 Å². The maximum absolute atomic E-state index is 11.6. The molecule has 5 heteroatoms. The summed E-state index contributed by atoms with van der Waals surface area (Å²) in [5, 5.41) is 15.4. The summed E-state index contributed by atoms with van der Waals surface area (Å²) in [5.41, 5.74) is 0.771. The minimum absolute atomic E-state index is 0.0969. The Kier molecular flexibility index (Phi) is 4.74. The van der Waals surface area contributed by atoms with Crippen molar-refractivity contribution in [2.75, 3.05) is 18.4 Å². The Morgan fingerprint density at radius 2 is 2.06 bits per heavy atom. The van der Waals surface area contributed by atoms with E-state index in [0.29, 0.717) is 12.5 Å². The number of benzene rings is 1. The van der Waals surface area contributed by atoms with Crippen molar-refractivity contribution in [1.82, 2.24) is 5.32 Å². The zero-order chi connectivity index (χ0) is 13.0. The van der Waals surface area contributed by atoms with Crippen LogP contribution in [0.1, 0.15) is 12.8 Å². The van der Waals surface area contributed by atoms with Crippen LogP contribution in [0.25, 0.3) is 0 Å². The summed E-state index contributed by atoms with van der Waals surface area (Å²) in [7, 11) is 0. The van der Waals surface area contributed by atoms with Crippen LogP contribution in [0.2, 0.25) is 0 Å². The number of amides is 1. The Morgan fingerprint density at radius 1 is 1.39 bits per heavy atom. The van der Waals surface area contributed by atoms with E-state index in [9.17, 15) is 9.90 Å². The first kappa shape index (κ1) is 13.5. The van der Waals surface area contributed by atoms with Crippen molar-refractivity contribution in [3.8, 4) is 0 Å². The maximum Gasteiger partial charge on any atom is 0.238 e. The lowest BCUT2D eigenvalue weighted by Crippen LogP contribution is -2.34. The van der Waals surface area contributed by atoms with E-state index in [0.717, 1.165) is 23.0 Å². The predicted octanol–water partition coefficient (Wildman–Crippen LogP) is 1.75. The average Bonchev–Trinajstić information content (AvgIpc) is 3.16. The molecule has 1 aliphatic carbocycles. The maximum atomic E-state index is 11.6. The molecule has 0 heterocycles. The highest BCUT2D eigenvalue weighted by molar-refractivity contribution is 9.10. The topological polar surface area (TPSA) is 61.4 Å². The third kappa shape index (κ3) is 4.40. The van der Waals surface area contributed by atoms with E-state index >= 15 is 0 Å². The summed E-state index contributed by atoms with van der Waals surface area (Å²) >= 11 is 3.34. The molecule has 0 spiro atoms. The molecule has 1 atom stereocenters. The molecule has 2 rings (SSSR count). The molecule has 1 aromatic carbocycles. The SMILES string of the molecule is O=C(CNCC(O)C1CC1)Nc1ccc(Br)cc1. The third-order valence-electron chi connectivity index (χ3n) is 2.93. The van der Waals surface area contributed by atoms with Crippen molar-refractivity contribution in [3.05, 3.63) is 28.7 Å². The standard InChI is InChI=1S/C13H17BrN2O2/c14-10-3-5-11(6-4-10)16-13(18)8-15-7-12(17)9-1-2-9/h3-6,9,12,15,17H,1-2,7-8H2,(H,16,18). The van der Waals surface area contributed by atoms with Crippen LogP contribution in [0.15, 0.2) is 28.7 Å². The molecule has 1 amide bonds. The molecule has 4 nitrogen and oxygen atoms in total. The number of carbonyl (C=O) groups excluding carboxylic acids is 1. The molecule has 1 aliphatic rings. The van der Waals surface area contributed by atoms with Gasteiger partial charge in [-0.1, -0.05) is 15.9 Å². The minimum Gasteiger partial charge on any atom is -0.392 e. The largest absolute Gasteiger partial charge is 0.392 e. The first-order chi connectivity index (χ1) is 8.65. The van der Waals surface area contributed by atoms with E-state index in [1.54, 1.807) is 0 Å². The first-order valence-corrected chi connectivity index (χ1v) is 6.88. The van der Waals surface area contributed by atoms with Crippen molar-refractivity contribution in [3.63, 3.8) is 0 Å². The van der Waals surface area contributed by atoms with Gasteiger partial charge in [0.05, 0.1) is 12.6 Å². The van der Waals surface area contributed by atoms with Gasteiger partial charge in [0.2, 0.25) is 5.91 Å². The molecule has 1 fully saturated rings. The summed E-state index contributed by atoms with van der Waals surface area (Å²) in [6.45, 7) is 0.707. The van der Waals surface area contributed by atoms with Crippen molar-refractivity contribution in [1.29, 1.82) is 0 Å². The van der Waals surface area contributed by atoms with Crippen LogP contribution in [-0.2, 0) is 4.79 Å². The fraction of sp³-hybridized carbons (Fsp3) is 0.462. The average molecular weight is 313 g/mol. The Labute approximate surface area is 115 Å². The van der Waals surface area contributed by atoms with Gasteiger partial charge < -0.3 is 15.7 Å². The van der Waals surface area contributed by atoms with Crippen LogP contribution in [-0.4, -0.2) is 30.2 Å². The predicted molar refractivity (Wildman–Crippen MR) is 74.4 cm³/mol. The van der Waals surface area contributed by atoms with Gasteiger partial charge in [-0.15, -0.1) is 0 Å². The van der Waals surface area contributed by atoms with Gasteiger partial charge in [0.25, 0.3) is 0 Å². The highest BCUT2D eigenvalue weighted by atomic mass is 79.9. The molecule has 0 aromatic heterocycles. The van der Waals surface area contributed by atoms with Crippen LogP contribution in [0.4, 0.5) is 5.69 Å². The quantitative estimate of drug-likeness (QED) is 0.750. The Balaban J connectivity index is 1.66. The molecule has 1 unspecified atom stereocenters. The summed E-state index contributed by atoms with van der Waals surface area (Å²) in [5.74, 6) is 0.340. The third-order valence-corrected chi connectivity index (χ3v) is 3.46. The molecular weight excluding hydrogens is 296 g/mol. The van der Waals surface area contributed by atoms with Gasteiger partial charge in [-0.3, -0.25) is 4.79 Å². The van der Waals surface area contributed by atoms with Crippen LogP contribution in [0.3, 0.4) is 0 Å². The van der Waals surface area contributed by atoms with Crippen molar-refractivity contribution in [2.45, 2.75) is 18.9 Å². The van der Waals surface area contributed by atoms with Gasteiger partial charge in [0.1, 0.15) is 0 Å². The number of hydrogen-bond donors (Lipinski definition) is 3. The van der Waals surface area contributed by atoms with E-state index in [2.05, 4.69) is 26.6 Å². The number of aliphatic hydroxyl groups excluding tert-OH is 1. The zero-order valence-electron chi connectivity index (χ0n) is 10.0. The summed E-state index contributed by atoms with van der Waals surface area (Å²) in [4.78, 5) is 11.6. The van der Waals surface area contributed by atoms with Gasteiger partial charge in [-0.05, 0) is 43.0 Å². The number of anilines is 1. The Morgan fingerprint density at radius 3 is 2.67 bits per heavy atom. The van der Waals surface area contributed by atoms with Gasteiger partial charge in [0.15, 0.2) is 0 Å². The molecule has 0 saturated heterocycles.